The molecule has 204 valence electrons. The third-order valence-corrected chi connectivity index (χ3v) is 5.97. The van der Waals surface area contributed by atoms with Gasteiger partial charge in [-0.2, -0.15) is 0 Å². The number of amides is 1. The molecule has 0 radical (unpaired) electrons. The van der Waals surface area contributed by atoms with Gasteiger partial charge >= 0.3 is 6.09 Å². The quantitative estimate of drug-likeness (QED) is 0.440. The molecule has 0 spiro atoms. The lowest BCUT2D eigenvalue weighted by molar-refractivity contribution is -0.0789. The highest BCUT2D eigenvalue weighted by Crippen LogP contribution is 2.37. The summed E-state index contributed by atoms with van der Waals surface area (Å²) in [5, 5.41) is 3.69. The van der Waals surface area contributed by atoms with Crippen LogP contribution in [0.2, 0.25) is 5.02 Å². The molecule has 2 aliphatic rings. The maximum absolute atomic E-state index is 12.6. The molecule has 1 N–H and O–H groups in total. The smallest absolute Gasteiger partial charge is 0.412 e. The number of nitrogens with zero attached hydrogens (tertiary/aromatic N) is 2. The van der Waals surface area contributed by atoms with Gasteiger partial charge in [-0.15, -0.1) is 0 Å². The summed E-state index contributed by atoms with van der Waals surface area (Å²) in [6.45, 7) is 15.9. The van der Waals surface area contributed by atoms with Gasteiger partial charge in [-0.05, 0) is 65.8 Å². The lowest BCUT2D eigenvalue weighted by Gasteiger charge is -2.31. The van der Waals surface area contributed by atoms with Gasteiger partial charge in [0.1, 0.15) is 23.2 Å². The van der Waals surface area contributed by atoms with Crippen LogP contribution in [0, 0.1) is 0 Å². The van der Waals surface area contributed by atoms with Gasteiger partial charge in [0.2, 0.25) is 0 Å². The van der Waals surface area contributed by atoms with Gasteiger partial charge in [-0.3, -0.25) is 14.3 Å². The van der Waals surface area contributed by atoms with Crippen molar-refractivity contribution in [2.75, 3.05) is 20.8 Å². The Morgan fingerprint density at radius 3 is 2.30 bits per heavy atom. The Hall–Kier alpha value is -2.68. The van der Waals surface area contributed by atoms with E-state index >= 15 is 0 Å². The monoisotopic (exact) mass is 535 g/mol. The van der Waals surface area contributed by atoms with E-state index < -0.39 is 11.3 Å². The summed E-state index contributed by atoms with van der Waals surface area (Å²) in [5.41, 5.74) is 2.50. The van der Waals surface area contributed by atoms with E-state index in [0.717, 1.165) is 28.1 Å². The van der Waals surface area contributed by atoms with Gasteiger partial charge in [0.15, 0.2) is 6.10 Å². The molecule has 1 aromatic carbocycles. The summed E-state index contributed by atoms with van der Waals surface area (Å²) in [4.78, 5) is 18.7. The normalized spacial score (nSPS) is 19.6. The molecule has 7 nitrogen and oxygen atoms in total. The zero-order valence-corrected chi connectivity index (χ0v) is 23.8. The number of rotatable bonds is 4. The molecule has 2 unspecified atom stereocenters. The van der Waals surface area contributed by atoms with Crippen molar-refractivity contribution >= 4 is 17.7 Å². The number of halogens is 2. The number of alkyl halides is 1. The average Bonchev–Trinajstić information content (AvgIpc) is 3.37. The molecule has 2 fully saturated rings. The first-order chi connectivity index (χ1) is 17.3. The first-order valence-corrected chi connectivity index (χ1v) is 12.5. The molecule has 37 heavy (non-hydrogen) atoms. The zero-order valence-electron chi connectivity index (χ0n) is 23.0. The van der Waals surface area contributed by atoms with Crippen molar-refractivity contribution in [3.63, 3.8) is 0 Å². The van der Waals surface area contributed by atoms with Crippen LogP contribution in [-0.4, -0.2) is 54.2 Å². The Balaban J connectivity index is 0.000000602. The Bertz CT molecular complexity index is 1070. The maximum atomic E-state index is 12.6. The number of epoxide rings is 1. The number of hydrogen-bond donors (Lipinski definition) is 1. The third kappa shape index (κ3) is 8.69. The first kappa shape index (κ1) is 30.5. The minimum Gasteiger partial charge on any atom is -0.484 e. The van der Waals surface area contributed by atoms with Gasteiger partial charge in [0, 0.05) is 18.3 Å². The highest BCUT2D eigenvalue weighted by atomic mass is 35.5. The van der Waals surface area contributed by atoms with E-state index in [4.69, 9.17) is 25.8 Å². The Kier molecular flexibility index (Phi) is 10.5. The Morgan fingerprint density at radius 2 is 1.84 bits per heavy atom. The summed E-state index contributed by atoms with van der Waals surface area (Å²) in [7, 11) is 2.36. The molecule has 1 aromatic heterocycles. The van der Waals surface area contributed by atoms with E-state index in [1.807, 2.05) is 85.1 Å². The molecule has 2 saturated heterocycles. The molecular formula is C28H39ClFN3O4. The molecule has 2 atom stereocenters. The van der Waals surface area contributed by atoms with E-state index in [1.165, 1.54) is 0 Å². The molecule has 0 saturated carbocycles. The SMILES string of the molecule is C=C1OC1C.CF.CNCc1ncc(-c2ccc(C3CN(C(=O)OC(C)(C)C)C(C)(C)O3)cc2)cc1Cl. The van der Waals surface area contributed by atoms with Gasteiger partial charge < -0.3 is 19.5 Å². The molecule has 9 heteroatoms. The average molecular weight is 536 g/mol. The largest absolute Gasteiger partial charge is 0.484 e. The highest BCUT2D eigenvalue weighted by Gasteiger charge is 2.44. The third-order valence-electron chi connectivity index (χ3n) is 5.64. The highest BCUT2D eigenvalue weighted by molar-refractivity contribution is 6.31. The summed E-state index contributed by atoms with van der Waals surface area (Å²) in [6.07, 6.45) is 1.60. The summed E-state index contributed by atoms with van der Waals surface area (Å²) < 4.78 is 25.9. The molecule has 2 aliphatic heterocycles. The Morgan fingerprint density at radius 1 is 1.27 bits per heavy atom. The molecular weight excluding hydrogens is 497 g/mol. The van der Waals surface area contributed by atoms with Gasteiger partial charge in [0.25, 0.3) is 0 Å². The van der Waals surface area contributed by atoms with E-state index in [9.17, 15) is 9.18 Å². The molecule has 1 amide bonds. The van der Waals surface area contributed by atoms with Crippen LogP contribution in [0.4, 0.5) is 9.18 Å². The number of nitrogens with one attached hydrogen (secondary N) is 1. The molecule has 2 aromatic rings. The topological polar surface area (TPSA) is 76.2 Å². The fourth-order valence-electron chi connectivity index (χ4n) is 3.62. The second-order valence-electron chi connectivity index (χ2n) is 10.2. The number of carbonyl (C=O) groups is 1. The van der Waals surface area contributed by atoms with Crippen LogP contribution in [-0.2, 0) is 20.8 Å². The van der Waals surface area contributed by atoms with E-state index in [2.05, 4.69) is 16.9 Å². The predicted molar refractivity (Wildman–Crippen MR) is 145 cm³/mol. The van der Waals surface area contributed by atoms with E-state index in [-0.39, 0.29) is 12.2 Å². The van der Waals surface area contributed by atoms with Crippen LogP contribution in [0.5, 0.6) is 0 Å². The molecule has 0 aliphatic carbocycles. The summed E-state index contributed by atoms with van der Waals surface area (Å²) in [5.74, 6) is 0.921. The van der Waals surface area contributed by atoms with Crippen molar-refractivity contribution in [2.24, 2.45) is 0 Å². The van der Waals surface area contributed by atoms with Gasteiger partial charge in [-0.25, -0.2) is 4.79 Å². The minimum absolute atomic E-state index is 0.221. The fraction of sp³-hybridized carbons (Fsp3) is 0.500. The van der Waals surface area contributed by atoms with Crippen LogP contribution >= 0.6 is 11.6 Å². The second kappa shape index (κ2) is 12.7. The number of aromatic nitrogens is 1. The number of hydrogen-bond acceptors (Lipinski definition) is 6. The number of benzene rings is 1. The van der Waals surface area contributed by atoms with E-state index in [0.29, 0.717) is 31.4 Å². The van der Waals surface area contributed by atoms with Crippen molar-refractivity contribution < 1.29 is 23.4 Å². The maximum Gasteiger partial charge on any atom is 0.412 e. The van der Waals surface area contributed by atoms with Crippen LogP contribution in [0.1, 0.15) is 58.9 Å². The Labute approximate surface area is 225 Å². The minimum atomic E-state index is -0.744. The number of carbonyl (C=O) groups excluding carboxylic acids is 1. The summed E-state index contributed by atoms with van der Waals surface area (Å²) >= 11 is 6.34. The van der Waals surface area contributed by atoms with Crippen molar-refractivity contribution in [1.29, 1.82) is 0 Å². The van der Waals surface area contributed by atoms with Crippen molar-refractivity contribution in [2.45, 2.75) is 71.6 Å². The number of ether oxygens (including phenoxy) is 3. The molecule has 0 bridgehead atoms. The molecule has 3 heterocycles. The van der Waals surface area contributed by atoms with Crippen molar-refractivity contribution in [3.05, 3.63) is 65.1 Å². The van der Waals surface area contributed by atoms with Gasteiger partial charge in [0.05, 0.1) is 24.4 Å². The fourth-order valence-corrected chi connectivity index (χ4v) is 3.86. The van der Waals surface area contributed by atoms with Crippen LogP contribution in [0.3, 0.4) is 0 Å². The van der Waals surface area contributed by atoms with Crippen molar-refractivity contribution in [3.8, 4) is 11.1 Å². The van der Waals surface area contributed by atoms with E-state index in [1.54, 1.807) is 4.90 Å². The van der Waals surface area contributed by atoms with Crippen LogP contribution < -0.4 is 5.32 Å². The standard InChI is InChI=1S/C23H30ClN3O3.C4H6O.CH3F/c1-22(2,3)30-21(28)27-14-20(29-23(27,4)5)16-9-7-15(8-10-16)17-11-18(24)19(13-25-6)26-12-17;1-3-4(2)5-3;1-2/h7-12,20,25H,13-14H2,1-6H3;4H,1H2,2H3;1H3. The van der Waals surface area contributed by atoms with Crippen LogP contribution in [0.15, 0.2) is 48.9 Å². The number of pyridine rings is 1. The predicted octanol–water partition coefficient (Wildman–Crippen LogP) is 6.67. The van der Waals surface area contributed by atoms with Gasteiger partial charge in [-0.1, -0.05) is 42.4 Å². The van der Waals surface area contributed by atoms with Crippen molar-refractivity contribution in [1.82, 2.24) is 15.2 Å². The van der Waals surface area contributed by atoms with Crippen LogP contribution in [0.25, 0.3) is 11.1 Å². The lowest BCUT2D eigenvalue weighted by atomic mass is 10.0. The molecule has 4 rings (SSSR count). The summed E-state index contributed by atoms with van der Waals surface area (Å²) in [6, 6.07) is 10.0. The first-order valence-electron chi connectivity index (χ1n) is 12.1. The lowest BCUT2D eigenvalue weighted by Crippen LogP contribution is -2.46. The second-order valence-corrected chi connectivity index (χ2v) is 10.6. The zero-order chi connectivity index (χ0) is 28.0.